The van der Waals surface area contributed by atoms with Crippen molar-refractivity contribution in [3.8, 4) is 11.4 Å². The van der Waals surface area contributed by atoms with Gasteiger partial charge in [0, 0.05) is 19.7 Å². The zero-order valence-corrected chi connectivity index (χ0v) is 9.66. The molecule has 0 unspecified atom stereocenters. The van der Waals surface area contributed by atoms with E-state index in [1.54, 1.807) is 14.1 Å². The van der Waals surface area contributed by atoms with Crippen molar-refractivity contribution >= 4 is 5.95 Å². The number of hydrazine groups is 1. The van der Waals surface area contributed by atoms with Crippen LogP contribution in [0.4, 0.5) is 5.95 Å². The zero-order valence-electron chi connectivity index (χ0n) is 9.66. The lowest BCUT2D eigenvalue weighted by molar-refractivity contribution is 0.765. The second kappa shape index (κ2) is 4.34. The van der Waals surface area contributed by atoms with E-state index in [9.17, 15) is 4.79 Å². The Balaban J connectivity index is 2.65. The summed E-state index contributed by atoms with van der Waals surface area (Å²) in [7, 11) is 3.22. The smallest absolute Gasteiger partial charge is 0.282 e. The van der Waals surface area contributed by atoms with Crippen molar-refractivity contribution in [1.29, 1.82) is 0 Å². The summed E-state index contributed by atoms with van der Waals surface area (Å²) in [6.07, 6.45) is 0. The normalized spacial score (nSPS) is 10.3. The van der Waals surface area contributed by atoms with Gasteiger partial charge in [-0.15, -0.1) is 0 Å². The van der Waals surface area contributed by atoms with Crippen molar-refractivity contribution in [2.45, 2.75) is 0 Å². The summed E-state index contributed by atoms with van der Waals surface area (Å²) < 4.78 is 1.39. The Morgan fingerprint density at radius 2 is 1.88 bits per heavy atom. The fraction of sp³-hybridized carbons (Fsp3) is 0.182. The largest absolute Gasteiger partial charge is 0.352 e. The molecule has 0 aliphatic heterocycles. The van der Waals surface area contributed by atoms with Crippen LogP contribution in [0.3, 0.4) is 0 Å². The molecule has 0 amide bonds. The summed E-state index contributed by atoms with van der Waals surface area (Å²) >= 11 is 0. The highest BCUT2D eigenvalue weighted by atomic mass is 16.1. The number of nitrogens with zero attached hydrogens (tertiary/aromatic N) is 4. The number of aromatic nitrogens is 3. The summed E-state index contributed by atoms with van der Waals surface area (Å²) in [5.74, 6) is 6.28. The van der Waals surface area contributed by atoms with Crippen molar-refractivity contribution < 1.29 is 0 Å². The Kier molecular flexibility index (Phi) is 2.88. The fourth-order valence-corrected chi connectivity index (χ4v) is 1.45. The van der Waals surface area contributed by atoms with Gasteiger partial charge in [-0.3, -0.25) is 9.58 Å². The van der Waals surface area contributed by atoms with E-state index >= 15 is 0 Å². The fourth-order valence-electron chi connectivity index (χ4n) is 1.45. The molecular formula is C11H13N5O. The maximum atomic E-state index is 11.7. The van der Waals surface area contributed by atoms with E-state index in [4.69, 9.17) is 5.84 Å². The Hall–Kier alpha value is -2.21. The summed E-state index contributed by atoms with van der Waals surface area (Å²) in [5.41, 5.74) is 0.462. The summed E-state index contributed by atoms with van der Waals surface area (Å²) in [6.45, 7) is 0. The van der Waals surface area contributed by atoms with Gasteiger partial charge in [-0.1, -0.05) is 30.3 Å². The molecule has 0 bridgehead atoms. The SMILES string of the molecule is CN(N)c1nc(-c2ccccc2)n(C)c(=O)n1. The van der Waals surface area contributed by atoms with Crippen molar-refractivity contribution in [2.75, 3.05) is 12.1 Å². The lowest BCUT2D eigenvalue weighted by Gasteiger charge is -2.12. The maximum absolute atomic E-state index is 11.7. The van der Waals surface area contributed by atoms with Crippen LogP contribution in [0.2, 0.25) is 0 Å². The summed E-state index contributed by atoms with van der Waals surface area (Å²) in [4.78, 5) is 19.7. The van der Waals surface area contributed by atoms with Crippen LogP contribution in [0, 0.1) is 0 Å². The monoisotopic (exact) mass is 231 g/mol. The van der Waals surface area contributed by atoms with Crippen LogP contribution in [-0.4, -0.2) is 21.6 Å². The number of nitrogens with two attached hydrogens (primary N) is 1. The van der Waals surface area contributed by atoms with Gasteiger partial charge in [-0.2, -0.15) is 9.97 Å². The number of hydrogen-bond acceptors (Lipinski definition) is 5. The number of rotatable bonds is 2. The molecule has 0 radical (unpaired) electrons. The van der Waals surface area contributed by atoms with Gasteiger partial charge in [0.05, 0.1) is 0 Å². The quantitative estimate of drug-likeness (QED) is 0.588. The molecule has 0 aliphatic carbocycles. The molecule has 2 aromatic rings. The average Bonchev–Trinajstić information content (AvgIpc) is 2.33. The van der Waals surface area contributed by atoms with Gasteiger partial charge in [-0.25, -0.2) is 10.6 Å². The molecule has 88 valence electrons. The van der Waals surface area contributed by atoms with Crippen molar-refractivity contribution in [2.24, 2.45) is 12.9 Å². The van der Waals surface area contributed by atoms with Crippen LogP contribution < -0.4 is 16.5 Å². The molecule has 0 aliphatic rings. The maximum Gasteiger partial charge on any atom is 0.352 e. The molecule has 6 nitrogen and oxygen atoms in total. The summed E-state index contributed by atoms with van der Waals surface area (Å²) in [6, 6.07) is 9.42. The first kappa shape index (κ1) is 11.3. The first-order chi connectivity index (χ1) is 8.09. The molecule has 17 heavy (non-hydrogen) atoms. The van der Waals surface area contributed by atoms with Gasteiger partial charge in [0.1, 0.15) is 5.82 Å². The van der Waals surface area contributed by atoms with Crippen LogP contribution >= 0.6 is 0 Å². The van der Waals surface area contributed by atoms with E-state index < -0.39 is 0 Å². The van der Waals surface area contributed by atoms with Crippen LogP contribution in [0.25, 0.3) is 11.4 Å². The summed E-state index contributed by atoms with van der Waals surface area (Å²) in [5, 5.41) is 1.22. The van der Waals surface area contributed by atoms with Crippen LogP contribution in [0.15, 0.2) is 35.1 Å². The third kappa shape index (κ3) is 2.16. The van der Waals surface area contributed by atoms with Gasteiger partial charge in [0.15, 0.2) is 0 Å². The van der Waals surface area contributed by atoms with Crippen LogP contribution in [0.1, 0.15) is 0 Å². The molecule has 1 heterocycles. The highest BCUT2D eigenvalue weighted by molar-refractivity contribution is 5.56. The van der Waals surface area contributed by atoms with Crippen molar-refractivity contribution in [3.63, 3.8) is 0 Å². The lowest BCUT2D eigenvalue weighted by Crippen LogP contribution is -2.32. The molecule has 0 atom stereocenters. The standard InChI is InChI=1S/C11H13N5O/c1-15-9(8-6-4-3-5-7-8)13-10(16(2)12)14-11(15)17/h3-7H,12H2,1-2H3. The minimum absolute atomic E-state index is 0.201. The van der Waals surface area contributed by atoms with Gasteiger partial charge in [-0.05, 0) is 0 Å². The van der Waals surface area contributed by atoms with Gasteiger partial charge >= 0.3 is 5.69 Å². The lowest BCUT2D eigenvalue weighted by atomic mass is 10.2. The second-order valence-electron chi connectivity index (χ2n) is 3.67. The predicted molar refractivity (Wildman–Crippen MR) is 65.3 cm³/mol. The van der Waals surface area contributed by atoms with E-state index in [2.05, 4.69) is 9.97 Å². The first-order valence-corrected chi connectivity index (χ1v) is 5.08. The van der Waals surface area contributed by atoms with Crippen LogP contribution in [0.5, 0.6) is 0 Å². The molecule has 1 aromatic heterocycles. The van der Waals surface area contributed by atoms with Gasteiger partial charge in [0.2, 0.25) is 5.95 Å². The minimum Gasteiger partial charge on any atom is -0.282 e. The number of hydrogen-bond donors (Lipinski definition) is 1. The zero-order chi connectivity index (χ0) is 12.4. The molecule has 2 N–H and O–H groups in total. The Labute approximate surface area is 98.3 Å². The molecular weight excluding hydrogens is 218 g/mol. The van der Waals surface area contributed by atoms with Crippen LogP contribution in [-0.2, 0) is 7.05 Å². The van der Waals surface area contributed by atoms with E-state index in [1.165, 1.54) is 9.58 Å². The molecule has 2 rings (SSSR count). The van der Waals surface area contributed by atoms with Crippen molar-refractivity contribution in [3.05, 3.63) is 40.8 Å². The highest BCUT2D eigenvalue weighted by Crippen LogP contribution is 2.15. The Bertz CT molecular complexity index is 576. The molecule has 0 spiro atoms. The molecule has 0 saturated heterocycles. The predicted octanol–water partition coefficient (Wildman–Crippen LogP) is 0.152. The topological polar surface area (TPSA) is 77.0 Å². The molecule has 1 aromatic carbocycles. The third-order valence-electron chi connectivity index (χ3n) is 2.35. The van der Waals surface area contributed by atoms with E-state index in [-0.39, 0.29) is 11.6 Å². The Morgan fingerprint density at radius 1 is 1.24 bits per heavy atom. The number of benzene rings is 1. The number of anilines is 1. The Morgan fingerprint density at radius 3 is 2.47 bits per heavy atom. The molecule has 6 heteroatoms. The second-order valence-corrected chi connectivity index (χ2v) is 3.67. The van der Waals surface area contributed by atoms with Gasteiger partial charge in [0.25, 0.3) is 0 Å². The minimum atomic E-state index is -0.383. The van der Waals surface area contributed by atoms with E-state index in [0.717, 1.165) is 5.56 Å². The first-order valence-electron chi connectivity index (χ1n) is 5.08. The molecule has 0 fully saturated rings. The van der Waals surface area contributed by atoms with Crippen molar-refractivity contribution in [1.82, 2.24) is 14.5 Å². The van der Waals surface area contributed by atoms with Gasteiger partial charge < -0.3 is 0 Å². The highest BCUT2D eigenvalue weighted by Gasteiger charge is 2.10. The average molecular weight is 231 g/mol. The molecule has 0 saturated carbocycles. The van der Waals surface area contributed by atoms with E-state index in [1.807, 2.05) is 30.3 Å². The third-order valence-corrected chi connectivity index (χ3v) is 2.35. The van der Waals surface area contributed by atoms with E-state index in [0.29, 0.717) is 5.82 Å².